The highest BCUT2D eigenvalue weighted by Gasteiger charge is 2.21. The highest BCUT2D eigenvalue weighted by atomic mass is 16.5. The van der Waals surface area contributed by atoms with E-state index in [0.717, 1.165) is 11.1 Å². The normalized spacial score (nSPS) is 10.4. The predicted octanol–water partition coefficient (Wildman–Crippen LogP) is 4.30. The Morgan fingerprint density at radius 2 is 1.50 bits per heavy atom. The van der Waals surface area contributed by atoms with Gasteiger partial charge in [0, 0.05) is 12.3 Å². The molecule has 0 saturated heterocycles. The number of nitrogens with zero attached hydrogens (tertiary/aromatic N) is 4. The van der Waals surface area contributed by atoms with Crippen molar-refractivity contribution in [2.75, 3.05) is 4.90 Å². The smallest absolute Gasteiger partial charge is 0.278 e. The van der Waals surface area contributed by atoms with E-state index in [0.29, 0.717) is 24.8 Å². The zero-order valence-corrected chi connectivity index (χ0v) is 16.3. The van der Waals surface area contributed by atoms with Gasteiger partial charge < -0.3 is 4.74 Å². The van der Waals surface area contributed by atoms with Crippen LogP contribution in [0.4, 0.5) is 5.82 Å². The maximum atomic E-state index is 13.3. The van der Waals surface area contributed by atoms with Gasteiger partial charge in [0.2, 0.25) is 5.88 Å². The van der Waals surface area contributed by atoms with E-state index >= 15 is 0 Å². The fraction of sp³-hybridized carbons (Fsp3) is 0.0833. The Kier molecular flexibility index (Phi) is 6.05. The van der Waals surface area contributed by atoms with Crippen molar-refractivity contribution in [2.24, 2.45) is 0 Å². The van der Waals surface area contributed by atoms with E-state index in [9.17, 15) is 4.79 Å². The number of anilines is 1. The van der Waals surface area contributed by atoms with Gasteiger partial charge in [-0.15, -0.1) is 0 Å². The van der Waals surface area contributed by atoms with Gasteiger partial charge in [-0.05, 0) is 23.3 Å². The molecule has 30 heavy (non-hydrogen) atoms. The lowest BCUT2D eigenvalue weighted by Gasteiger charge is -2.21. The first kappa shape index (κ1) is 19.3. The molecule has 0 aliphatic carbocycles. The topological polar surface area (TPSA) is 68.2 Å². The van der Waals surface area contributed by atoms with Crippen LogP contribution >= 0.6 is 0 Å². The van der Waals surface area contributed by atoms with Crippen molar-refractivity contribution in [3.05, 3.63) is 114 Å². The van der Waals surface area contributed by atoms with E-state index in [2.05, 4.69) is 15.0 Å². The SMILES string of the molecule is O=C(c1cc(OCc2ccccc2)ncn1)N(Cc1ccccc1)c1ccccn1. The largest absolute Gasteiger partial charge is 0.473 e. The summed E-state index contributed by atoms with van der Waals surface area (Å²) in [4.78, 5) is 27.6. The van der Waals surface area contributed by atoms with Crippen molar-refractivity contribution < 1.29 is 9.53 Å². The molecule has 148 valence electrons. The van der Waals surface area contributed by atoms with Gasteiger partial charge in [-0.3, -0.25) is 9.69 Å². The molecule has 0 aliphatic rings. The molecule has 0 N–H and O–H groups in total. The van der Waals surface area contributed by atoms with Crippen molar-refractivity contribution in [3.8, 4) is 5.88 Å². The number of hydrogen-bond acceptors (Lipinski definition) is 5. The van der Waals surface area contributed by atoms with E-state index in [1.54, 1.807) is 23.2 Å². The summed E-state index contributed by atoms with van der Waals surface area (Å²) in [6.07, 6.45) is 3.00. The Morgan fingerprint density at radius 3 is 2.20 bits per heavy atom. The first-order valence-corrected chi connectivity index (χ1v) is 9.55. The zero-order chi connectivity index (χ0) is 20.6. The Bertz CT molecular complexity index is 1090. The van der Waals surface area contributed by atoms with Gasteiger partial charge in [0.15, 0.2) is 0 Å². The number of carbonyl (C=O) groups is 1. The molecule has 0 fully saturated rings. The lowest BCUT2D eigenvalue weighted by molar-refractivity contribution is 0.0978. The average molecular weight is 396 g/mol. The third kappa shape index (κ3) is 4.86. The van der Waals surface area contributed by atoms with Gasteiger partial charge in [0.25, 0.3) is 5.91 Å². The Balaban J connectivity index is 1.56. The molecule has 6 nitrogen and oxygen atoms in total. The number of aromatic nitrogens is 3. The number of ether oxygens (including phenoxy) is 1. The molecule has 2 aromatic heterocycles. The van der Waals surface area contributed by atoms with Crippen LogP contribution in [-0.4, -0.2) is 20.9 Å². The quantitative estimate of drug-likeness (QED) is 0.466. The maximum Gasteiger partial charge on any atom is 0.278 e. The third-order valence-corrected chi connectivity index (χ3v) is 4.45. The van der Waals surface area contributed by atoms with Crippen LogP contribution in [0.2, 0.25) is 0 Å². The second-order valence-electron chi connectivity index (χ2n) is 6.58. The number of rotatable bonds is 7. The monoisotopic (exact) mass is 396 g/mol. The summed E-state index contributed by atoms with van der Waals surface area (Å²) in [6, 6.07) is 26.6. The molecule has 1 amide bonds. The summed E-state index contributed by atoms with van der Waals surface area (Å²) in [7, 11) is 0. The molecule has 0 atom stereocenters. The summed E-state index contributed by atoms with van der Waals surface area (Å²) in [6.45, 7) is 0.736. The minimum atomic E-state index is -0.274. The van der Waals surface area contributed by atoms with Crippen LogP contribution in [0.15, 0.2) is 97.5 Å². The van der Waals surface area contributed by atoms with E-state index in [1.165, 1.54) is 6.33 Å². The fourth-order valence-electron chi connectivity index (χ4n) is 2.94. The van der Waals surface area contributed by atoms with Gasteiger partial charge in [-0.25, -0.2) is 15.0 Å². The van der Waals surface area contributed by atoms with Crippen molar-refractivity contribution in [2.45, 2.75) is 13.2 Å². The molecule has 0 radical (unpaired) electrons. The first-order chi connectivity index (χ1) is 14.8. The zero-order valence-electron chi connectivity index (χ0n) is 16.3. The van der Waals surface area contributed by atoms with Gasteiger partial charge >= 0.3 is 0 Å². The fourth-order valence-corrected chi connectivity index (χ4v) is 2.94. The summed E-state index contributed by atoms with van der Waals surface area (Å²) in [5, 5.41) is 0. The Labute approximate surface area is 174 Å². The summed E-state index contributed by atoms with van der Waals surface area (Å²) in [5.41, 5.74) is 2.25. The summed E-state index contributed by atoms with van der Waals surface area (Å²) in [5.74, 6) is 0.624. The Hall–Kier alpha value is -4.06. The highest BCUT2D eigenvalue weighted by molar-refractivity contribution is 6.04. The van der Waals surface area contributed by atoms with Crippen LogP contribution in [0, 0.1) is 0 Å². The van der Waals surface area contributed by atoms with Crippen LogP contribution in [-0.2, 0) is 13.2 Å². The molecular formula is C24H20N4O2. The van der Waals surface area contributed by atoms with Crippen LogP contribution in [0.5, 0.6) is 5.88 Å². The second-order valence-corrected chi connectivity index (χ2v) is 6.58. The molecule has 2 heterocycles. The molecule has 2 aromatic carbocycles. The molecule has 0 aliphatic heterocycles. The molecule has 0 bridgehead atoms. The number of amides is 1. The molecule has 0 saturated carbocycles. The van der Waals surface area contributed by atoms with Crippen LogP contribution < -0.4 is 9.64 Å². The van der Waals surface area contributed by atoms with Gasteiger partial charge in [0.05, 0.1) is 6.54 Å². The van der Waals surface area contributed by atoms with Gasteiger partial charge in [0.1, 0.15) is 24.4 Å². The molecular weight excluding hydrogens is 376 g/mol. The second kappa shape index (κ2) is 9.43. The van der Waals surface area contributed by atoms with Crippen molar-refractivity contribution in [1.29, 1.82) is 0 Å². The van der Waals surface area contributed by atoms with E-state index in [-0.39, 0.29) is 11.6 Å². The number of benzene rings is 2. The van der Waals surface area contributed by atoms with Crippen LogP contribution in [0.1, 0.15) is 21.6 Å². The van der Waals surface area contributed by atoms with Gasteiger partial charge in [-0.2, -0.15) is 0 Å². The molecule has 4 rings (SSSR count). The minimum Gasteiger partial charge on any atom is -0.473 e. The third-order valence-electron chi connectivity index (χ3n) is 4.45. The minimum absolute atomic E-state index is 0.245. The maximum absolute atomic E-state index is 13.3. The van der Waals surface area contributed by atoms with Gasteiger partial charge in [-0.1, -0.05) is 66.7 Å². The molecule has 0 unspecified atom stereocenters. The number of pyridine rings is 1. The average Bonchev–Trinajstić information content (AvgIpc) is 2.83. The lowest BCUT2D eigenvalue weighted by Crippen LogP contribution is -2.31. The molecule has 6 heteroatoms. The number of hydrogen-bond donors (Lipinski definition) is 0. The predicted molar refractivity (Wildman–Crippen MR) is 114 cm³/mol. The molecule has 4 aromatic rings. The summed E-state index contributed by atoms with van der Waals surface area (Å²) < 4.78 is 5.75. The Morgan fingerprint density at radius 1 is 0.800 bits per heavy atom. The molecule has 0 spiro atoms. The van der Waals surface area contributed by atoms with Crippen molar-refractivity contribution >= 4 is 11.7 Å². The summed E-state index contributed by atoms with van der Waals surface area (Å²) >= 11 is 0. The lowest BCUT2D eigenvalue weighted by atomic mass is 10.2. The van der Waals surface area contributed by atoms with Crippen LogP contribution in [0.25, 0.3) is 0 Å². The van der Waals surface area contributed by atoms with E-state index in [1.807, 2.05) is 72.8 Å². The van der Waals surface area contributed by atoms with E-state index < -0.39 is 0 Å². The van der Waals surface area contributed by atoms with Crippen LogP contribution in [0.3, 0.4) is 0 Å². The standard InChI is InChI=1S/C24H20N4O2/c29-24(21-15-23(27-18-26-21)30-17-20-11-5-2-6-12-20)28(22-13-7-8-14-25-22)16-19-9-3-1-4-10-19/h1-15,18H,16-17H2. The van der Waals surface area contributed by atoms with Crippen molar-refractivity contribution in [3.63, 3.8) is 0 Å². The number of carbonyl (C=O) groups excluding carboxylic acids is 1. The van der Waals surface area contributed by atoms with Crippen molar-refractivity contribution in [1.82, 2.24) is 15.0 Å². The first-order valence-electron chi connectivity index (χ1n) is 9.55. The van der Waals surface area contributed by atoms with E-state index in [4.69, 9.17) is 4.74 Å². The highest BCUT2D eigenvalue weighted by Crippen LogP contribution is 2.19.